The fraction of sp³-hybridized carbons (Fsp3) is 0.143. The van der Waals surface area contributed by atoms with Gasteiger partial charge in [-0.2, -0.15) is 18.7 Å². The second kappa shape index (κ2) is 7.19. The molecule has 0 radical (unpaired) electrons. The van der Waals surface area contributed by atoms with Crippen LogP contribution < -0.4 is 10.1 Å². The van der Waals surface area contributed by atoms with E-state index in [4.69, 9.17) is 0 Å². The van der Waals surface area contributed by atoms with E-state index < -0.39 is 17.8 Å². The first-order valence-corrected chi connectivity index (χ1v) is 7.70. The average Bonchev–Trinajstić information content (AvgIpc) is 2.48. The molecule has 0 saturated carbocycles. The number of anilines is 2. The molecule has 1 atom stereocenters. The van der Waals surface area contributed by atoms with Gasteiger partial charge in [-0.15, -0.1) is 0 Å². The number of nitrogens with zero attached hydrogens (tertiary/aromatic N) is 2. The second-order valence-electron chi connectivity index (χ2n) is 4.14. The van der Waals surface area contributed by atoms with Gasteiger partial charge in [0.2, 0.25) is 0 Å². The van der Waals surface area contributed by atoms with Crippen molar-refractivity contribution in [3.05, 3.63) is 42.6 Å². The lowest BCUT2D eigenvalue weighted by Gasteiger charge is -2.11. The third kappa shape index (κ3) is 4.15. The van der Waals surface area contributed by atoms with E-state index in [2.05, 4.69) is 26.6 Å². The van der Waals surface area contributed by atoms with Gasteiger partial charge in [0, 0.05) is 28.6 Å². The molecule has 0 saturated heterocycles. The van der Waals surface area contributed by atoms with E-state index in [0.29, 0.717) is 17.1 Å². The summed E-state index contributed by atoms with van der Waals surface area (Å²) in [4.78, 5) is 8.14. The normalized spacial score (nSPS) is 12.0. The molecule has 1 heterocycles. The summed E-state index contributed by atoms with van der Waals surface area (Å²) in [5.41, 5.74) is 1.23. The molecule has 1 aromatic heterocycles. The van der Waals surface area contributed by atoms with Gasteiger partial charge in [0.15, 0.2) is 0 Å². The predicted octanol–water partition coefficient (Wildman–Crippen LogP) is 3.20. The average molecular weight is 325 g/mol. The van der Waals surface area contributed by atoms with Crippen molar-refractivity contribution in [2.24, 2.45) is 0 Å². The van der Waals surface area contributed by atoms with Gasteiger partial charge < -0.3 is 14.6 Å². The molecule has 5 nitrogen and oxygen atoms in total. The number of hydrogen-bond donors (Lipinski definition) is 1. The van der Waals surface area contributed by atoms with E-state index in [0.717, 1.165) is 0 Å². The maximum absolute atomic E-state index is 12.1. The predicted molar refractivity (Wildman–Crippen MR) is 80.8 cm³/mol. The van der Waals surface area contributed by atoms with E-state index in [9.17, 15) is 13.3 Å². The van der Waals surface area contributed by atoms with Gasteiger partial charge in [0.25, 0.3) is 0 Å². The zero-order chi connectivity index (χ0) is 16.1. The molecule has 116 valence electrons. The molecule has 0 aliphatic rings. The summed E-state index contributed by atoms with van der Waals surface area (Å²) >= 11 is -1.32. The van der Waals surface area contributed by atoms with Crippen LogP contribution in [-0.4, -0.2) is 27.4 Å². The molecule has 0 aliphatic carbocycles. The van der Waals surface area contributed by atoms with Crippen LogP contribution in [0.1, 0.15) is 5.56 Å². The quantitative estimate of drug-likeness (QED) is 0.652. The van der Waals surface area contributed by atoms with E-state index in [1.807, 2.05) is 0 Å². The maximum Gasteiger partial charge on any atom is 0.387 e. The van der Waals surface area contributed by atoms with Crippen molar-refractivity contribution < 1.29 is 18.1 Å². The number of hydrogen-bond acceptors (Lipinski definition) is 5. The Morgan fingerprint density at radius 1 is 1.36 bits per heavy atom. The molecule has 8 heteroatoms. The first kappa shape index (κ1) is 16.2. The Morgan fingerprint density at radius 3 is 2.59 bits per heavy atom. The maximum atomic E-state index is 12.1. The van der Waals surface area contributed by atoms with Crippen molar-refractivity contribution >= 4 is 28.8 Å². The Balaban J connectivity index is 2.22. The van der Waals surface area contributed by atoms with Crippen molar-refractivity contribution in [3.8, 4) is 5.75 Å². The lowest BCUT2D eigenvalue weighted by atomic mass is 10.2. The number of aromatic nitrogens is 2. The highest BCUT2D eigenvalue weighted by molar-refractivity contribution is 7.90. The fourth-order valence-corrected chi connectivity index (χ4v) is 2.04. The minimum Gasteiger partial charge on any atom is -0.609 e. The lowest BCUT2D eigenvalue weighted by Crippen LogP contribution is -2.07. The topological polar surface area (TPSA) is 70.1 Å². The summed E-state index contributed by atoms with van der Waals surface area (Å²) in [6.45, 7) is 0.790. The second-order valence-corrected chi connectivity index (χ2v) is 5.42. The number of nitrogens with one attached hydrogen (secondary N) is 1. The van der Waals surface area contributed by atoms with Gasteiger partial charge in [-0.25, -0.2) is 0 Å². The molecule has 22 heavy (non-hydrogen) atoms. The summed E-state index contributed by atoms with van der Waals surface area (Å²) in [7, 11) is 0. The van der Waals surface area contributed by atoms with Crippen molar-refractivity contribution in [1.29, 1.82) is 0 Å². The van der Waals surface area contributed by atoms with Crippen LogP contribution in [0.2, 0.25) is 0 Å². The molecule has 2 rings (SSSR count). The van der Waals surface area contributed by atoms with Gasteiger partial charge in [-0.1, -0.05) is 12.7 Å². The number of ether oxygens (including phenoxy) is 1. The minimum atomic E-state index is -2.87. The van der Waals surface area contributed by atoms with Crippen LogP contribution in [-0.2, 0) is 11.2 Å². The van der Waals surface area contributed by atoms with Crippen LogP contribution in [0.4, 0.5) is 20.3 Å². The Hall–Kier alpha value is -2.19. The Kier molecular flexibility index (Phi) is 5.29. The number of halogens is 2. The van der Waals surface area contributed by atoms with E-state index >= 15 is 0 Å². The summed E-state index contributed by atoms with van der Waals surface area (Å²) in [6.07, 6.45) is 4.54. The molecular weight excluding hydrogens is 312 g/mol. The van der Waals surface area contributed by atoms with Gasteiger partial charge in [-0.05, 0) is 24.3 Å². The standard InChI is InChI=1S/C14H13F2N3O2S/c1-3-9-8-17-14(22(2)20)19-12(9)18-10-4-6-11(7-5-10)21-13(15)16/h3-8,13H,1H2,2H3,(H,17,18,19). The molecule has 1 aromatic carbocycles. The summed E-state index contributed by atoms with van der Waals surface area (Å²) in [5, 5.41) is 3.19. The Bertz CT molecular complexity index is 651. The lowest BCUT2D eigenvalue weighted by molar-refractivity contribution is -0.0498. The molecule has 0 aliphatic heterocycles. The molecule has 0 fully saturated rings. The first-order chi connectivity index (χ1) is 10.5. The van der Waals surface area contributed by atoms with Crippen molar-refractivity contribution in [3.63, 3.8) is 0 Å². The molecular formula is C14H13F2N3O2S. The largest absolute Gasteiger partial charge is 0.609 e. The zero-order valence-electron chi connectivity index (χ0n) is 11.6. The molecule has 0 amide bonds. The summed E-state index contributed by atoms with van der Waals surface area (Å²) < 4.78 is 39.9. The Morgan fingerprint density at radius 2 is 2.05 bits per heavy atom. The summed E-state index contributed by atoms with van der Waals surface area (Å²) in [6, 6.07) is 5.94. The monoisotopic (exact) mass is 325 g/mol. The molecule has 2 aromatic rings. The molecule has 1 N–H and O–H groups in total. The highest BCUT2D eigenvalue weighted by Crippen LogP contribution is 2.23. The molecule has 1 unspecified atom stereocenters. The number of benzene rings is 1. The van der Waals surface area contributed by atoms with E-state index in [-0.39, 0.29) is 10.9 Å². The van der Waals surface area contributed by atoms with Crippen molar-refractivity contribution in [2.45, 2.75) is 11.8 Å². The van der Waals surface area contributed by atoms with E-state index in [1.54, 1.807) is 18.2 Å². The van der Waals surface area contributed by atoms with Crippen LogP contribution in [0.5, 0.6) is 5.75 Å². The van der Waals surface area contributed by atoms with Crippen molar-refractivity contribution in [1.82, 2.24) is 9.97 Å². The smallest absolute Gasteiger partial charge is 0.387 e. The fourth-order valence-electron chi connectivity index (χ4n) is 1.62. The van der Waals surface area contributed by atoms with Crippen LogP contribution in [0.3, 0.4) is 0 Å². The van der Waals surface area contributed by atoms with Crippen LogP contribution >= 0.6 is 0 Å². The SMILES string of the molecule is C=Cc1cnc([S+](C)[O-])nc1Nc1ccc(OC(F)F)cc1. The third-order valence-corrected chi connectivity index (χ3v) is 3.33. The highest BCUT2D eigenvalue weighted by atomic mass is 32.2. The van der Waals surface area contributed by atoms with Crippen molar-refractivity contribution in [2.75, 3.05) is 11.6 Å². The number of alkyl halides is 2. The van der Waals surface area contributed by atoms with Crippen LogP contribution in [0.15, 0.2) is 42.2 Å². The molecule has 0 spiro atoms. The highest BCUT2D eigenvalue weighted by Gasteiger charge is 2.12. The van der Waals surface area contributed by atoms with E-state index in [1.165, 1.54) is 24.6 Å². The van der Waals surface area contributed by atoms with Gasteiger partial charge in [-0.3, -0.25) is 0 Å². The summed E-state index contributed by atoms with van der Waals surface area (Å²) in [5.74, 6) is 0.486. The number of rotatable bonds is 6. The van der Waals surface area contributed by atoms with Gasteiger partial charge in [0.1, 0.15) is 17.8 Å². The van der Waals surface area contributed by atoms with Crippen LogP contribution in [0.25, 0.3) is 6.08 Å². The minimum absolute atomic E-state index is 0.0579. The molecule has 0 bridgehead atoms. The first-order valence-electron chi connectivity index (χ1n) is 6.14. The van der Waals surface area contributed by atoms with Gasteiger partial charge in [0.05, 0.1) is 0 Å². The third-order valence-electron chi connectivity index (χ3n) is 2.61. The zero-order valence-corrected chi connectivity index (χ0v) is 12.4. The van der Waals surface area contributed by atoms with Gasteiger partial charge >= 0.3 is 11.8 Å². The van der Waals surface area contributed by atoms with Crippen LogP contribution in [0, 0.1) is 0 Å². The Labute approximate surface area is 129 Å².